The number of carbonyl (C=O) groups is 4. The third-order valence-electron chi connectivity index (χ3n) is 4.90. The lowest BCUT2D eigenvalue weighted by Gasteiger charge is -2.31. The molecule has 0 bridgehead atoms. The molecular formula is C21H36O8. The van der Waals surface area contributed by atoms with Crippen LogP contribution in [0.3, 0.4) is 0 Å². The molecule has 8 nitrogen and oxygen atoms in total. The van der Waals surface area contributed by atoms with Crippen molar-refractivity contribution in [2.75, 3.05) is 6.61 Å². The van der Waals surface area contributed by atoms with Crippen molar-refractivity contribution in [2.24, 2.45) is 5.92 Å². The molecule has 0 aliphatic heterocycles. The largest absolute Gasteiger partial charge is 0.481 e. The van der Waals surface area contributed by atoms with Crippen LogP contribution in [0, 0.1) is 5.92 Å². The Balaban J connectivity index is 3.88. The van der Waals surface area contributed by atoms with Crippen LogP contribution < -0.4 is 0 Å². The summed E-state index contributed by atoms with van der Waals surface area (Å²) < 4.78 is 10.7. The summed E-state index contributed by atoms with van der Waals surface area (Å²) in [5.41, 5.74) is -0.620. The lowest BCUT2D eigenvalue weighted by molar-refractivity contribution is -0.162. The fourth-order valence-corrected chi connectivity index (χ4v) is 2.69. The first kappa shape index (κ1) is 26.9. The van der Waals surface area contributed by atoms with Gasteiger partial charge in [-0.15, -0.1) is 0 Å². The van der Waals surface area contributed by atoms with E-state index in [0.29, 0.717) is 38.7 Å². The van der Waals surface area contributed by atoms with E-state index in [2.05, 4.69) is 0 Å². The normalized spacial score (nSPS) is 12.2. The zero-order valence-corrected chi connectivity index (χ0v) is 17.9. The Morgan fingerprint density at radius 1 is 0.759 bits per heavy atom. The third-order valence-corrected chi connectivity index (χ3v) is 4.90. The van der Waals surface area contributed by atoms with Gasteiger partial charge in [0.2, 0.25) is 0 Å². The molecule has 1 unspecified atom stereocenters. The lowest BCUT2D eigenvalue weighted by Crippen LogP contribution is -2.35. The second-order valence-corrected chi connectivity index (χ2v) is 7.90. The summed E-state index contributed by atoms with van der Waals surface area (Å²) in [6.07, 6.45) is 4.86. The van der Waals surface area contributed by atoms with Crippen molar-refractivity contribution in [3.05, 3.63) is 0 Å². The number of ether oxygens (including phenoxy) is 2. The molecule has 1 atom stereocenters. The van der Waals surface area contributed by atoms with E-state index in [4.69, 9.17) is 19.7 Å². The summed E-state index contributed by atoms with van der Waals surface area (Å²) in [6, 6.07) is 0. The van der Waals surface area contributed by atoms with Gasteiger partial charge in [-0.3, -0.25) is 19.2 Å². The van der Waals surface area contributed by atoms with Gasteiger partial charge in [-0.2, -0.15) is 0 Å². The highest BCUT2D eigenvalue weighted by Gasteiger charge is 2.29. The van der Waals surface area contributed by atoms with E-state index in [0.717, 1.165) is 12.8 Å². The van der Waals surface area contributed by atoms with Crippen molar-refractivity contribution in [3.63, 3.8) is 0 Å². The Morgan fingerprint density at radius 2 is 1.24 bits per heavy atom. The molecule has 0 heterocycles. The average molecular weight is 417 g/mol. The highest BCUT2D eigenvalue weighted by Crippen LogP contribution is 2.26. The quantitative estimate of drug-likeness (QED) is 0.269. The van der Waals surface area contributed by atoms with E-state index < -0.39 is 17.5 Å². The van der Waals surface area contributed by atoms with E-state index in [1.807, 2.05) is 20.8 Å². The van der Waals surface area contributed by atoms with Gasteiger partial charge in [-0.1, -0.05) is 6.92 Å². The molecule has 0 fully saturated rings. The van der Waals surface area contributed by atoms with Gasteiger partial charge < -0.3 is 19.7 Å². The second kappa shape index (κ2) is 14.8. The number of carbonyl (C=O) groups excluding carboxylic acids is 2. The van der Waals surface area contributed by atoms with Crippen molar-refractivity contribution in [3.8, 4) is 0 Å². The average Bonchev–Trinajstić information content (AvgIpc) is 2.61. The number of unbranched alkanes of at least 4 members (excludes halogenated alkanes) is 3. The van der Waals surface area contributed by atoms with Crippen LogP contribution in [-0.2, 0) is 28.7 Å². The zero-order valence-electron chi connectivity index (χ0n) is 17.9. The molecule has 0 aromatic heterocycles. The van der Waals surface area contributed by atoms with Crippen LogP contribution in [0.4, 0.5) is 0 Å². The molecule has 0 amide bonds. The first-order chi connectivity index (χ1) is 13.5. The summed E-state index contributed by atoms with van der Waals surface area (Å²) in [5.74, 6) is -2.22. The van der Waals surface area contributed by atoms with Crippen molar-refractivity contribution < 1.29 is 38.9 Å². The summed E-state index contributed by atoms with van der Waals surface area (Å²) in [7, 11) is 0. The van der Waals surface area contributed by atoms with Crippen molar-refractivity contribution in [2.45, 2.75) is 97.0 Å². The molecule has 0 spiro atoms. The molecule has 8 heteroatoms. The molecule has 0 radical (unpaired) electrons. The standard InChI is InChI=1S/C21H36O8/c1-16(21(2,3)29-20(27)14-7-5-12-18(24)25)10-8-9-15-28-19(26)13-6-4-11-17(22)23/h16H,4-15H2,1-3H3,(H,22,23)(H,24,25). The molecule has 0 aromatic carbocycles. The molecule has 0 aromatic rings. The Kier molecular flexibility index (Phi) is 13.7. The summed E-state index contributed by atoms with van der Waals surface area (Å²) in [4.78, 5) is 44.4. The molecule has 0 aliphatic carbocycles. The van der Waals surface area contributed by atoms with E-state index in [1.54, 1.807) is 0 Å². The van der Waals surface area contributed by atoms with Crippen LogP contribution in [0.1, 0.15) is 91.4 Å². The topological polar surface area (TPSA) is 127 Å². The van der Waals surface area contributed by atoms with Crippen molar-refractivity contribution in [1.29, 1.82) is 0 Å². The Bertz CT molecular complexity index is 527. The predicted octanol–water partition coefficient (Wildman–Crippen LogP) is 3.95. The molecule has 168 valence electrons. The molecule has 0 rings (SSSR count). The van der Waals surface area contributed by atoms with E-state index in [-0.39, 0.29) is 43.5 Å². The molecule has 2 N–H and O–H groups in total. The number of carboxylic acid groups (broad SMARTS) is 2. The van der Waals surface area contributed by atoms with E-state index in [1.165, 1.54) is 0 Å². The maximum atomic E-state index is 11.9. The fourth-order valence-electron chi connectivity index (χ4n) is 2.69. The van der Waals surface area contributed by atoms with Gasteiger partial charge in [0.25, 0.3) is 0 Å². The highest BCUT2D eigenvalue weighted by atomic mass is 16.6. The van der Waals surface area contributed by atoms with Gasteiger partial charge in [-0.05, 0) is 64.7 Å². The predicted molar refractivity (Wildman–Crippen MR) is 106 cm³/mol. The lowest BCUT2D eigenvalue weighted by atomic mass is 9.88. The van der Waals surface area contributed by atoms with Crippen LogP contribution >= 0.6 is 0 Å². The maximum Gasteiger partial charge on any atom is 0.306 e. The molecular weight excluding hydrogens is 380 g/mol. The Morgan fingerprint density at radius 3 is 1.76 bits per heavy atom. The van der Waals surface area contributed by atoms with E-state index in [9.17, 15) is 19.2 Å². The number of rotatable bonds is 17. The minimum absolute atomic E-state index is 0.0555. The first-order valence-corrected chi connectivity index (χ1v) is 10.4. The minimum Gasteiger partial charge on any atom is -0.481 e. The maximum absolute atomic E-state index is 11.9. The summed E-state index contributed by atoms with van der Waals surface area (Å²) in [5, 5.41) is 17.1. The fraction of sp³-hybridized carbons (Fsp3) is 0.810. The number of hydrogen-bond donors (Lipinski definition) is 2. The number of aliphatic carboxylic acids is 2. The zero-order chi connectivity index (χ0) is 22.3. The summed E-state index contributed by atoms with van der Waals surface area (Å²) in [6.45, 7) is 6.06. The van der Waals surface area contributed by atoms with Crippen LogP contribution in [0.15, 0.2) is 0 Å². The van der Waals surface area contributed by atoms with Crippen LogP contribution in [0.2, 0.25) is 0 Å². The summed E-state index contributed by atoms with van der Waals surface area (Å²) >= 11 is 0. The van der Waals surface area contributed by atoms with Gasteiger partial charge >= 0.3 is 23.9 Å². The van der Waals surface area contributed by atoms with Crippen molar-refractivity contribution in [1.82, 2.24) is 0 Å². The Labute approximate surface area is 172 Å². The van der Waals surface area contributed by atoms with Crippen molar-refractivity contribution >= 4 is 23.9 Å². The van der Waals surface area contributed by atoms with Gasteiger partial charge in [-0.25, -0.2) is 0 Å². The molecule has 29 heavy (non-hydrogen) atoms. The van der Waals surface area contributed by atoms with Gasteiger partial charge in [0.15, 0.2) is 0 Å². The third kappa shape index (κ3) is 15.5. The smallest absolute Gasteiger partial charge is 0.306 e. The van der Waals surface area contributed by atoms with E-state index >= 15 is 0 Å². The minimum atomic E-state index is -0.865. The number of carboxylic acids is 2. The van der Waals surface area contributed by atoms with Crippen LogP contribution in [0.25, 0.3) is 0 Å². The molecule has 0 saturated heterocycles. The van der Waals surface area contributed by atoms with Gasteiger partial charge in [0.1, 0.15) is 5.60 Å². The van der Waals surface area contributed by atoms with Crippen LogP contribution in [0.5, 0.6) is 0 Å². The molecule has 0 aliphatic rings. The number of hydrogen-bond acceptors (Lipinski definition) is 6. The molecule has 0 saturated carbocycles. The second-order valence-electron chi connectivity index (χ2n) is 7.90. The number of esters is 2. The van der Waals surface area contributed by atoms with Gasteiger partial charge in [0, 0.05) is 25.7 Å². The highest BCUT2D eigenvalue weighted by molar-refractivity contribution is 5.70. The van der Waals surface area contributed by atoms with Crippen LogP contribution in [-0.4, -0.2) is 46.3 Å². The SMILES string of the molecule is CC(CCCCOC(=O)CCCCC(=O)O)C(C)(C)OC(=O)CCCCC(=O)O. The Hall–Kier alpha value is -2.12. The first-order valence-electron chi connectivity index (χ1n) is 10.4. The van der Waals surface area contributed by atoms with Gasteiger partial charge in [0.05, 0.1) is 6.61 Å². The monoisotopic (exact) mass is 416 g/mol.